The molecule has 0 bridgehead atoms. The lowest BCUT2D eigenvalue weighted by molar-refractivity contribution is 0.669. The minimum absolute atomic E-state index is 0.844. The molecule has 1 aliphatic heterocycles. The number of benzene rings is 8. The van der Waals surface area contributed by atoms with Crippen LogP contribution in [0.25, 0.3) is 71.7 Å². The summed E-state index contributed by atoms with van der Waals surface area (Å²) in [5.41, 5.74) is 15.8. The Kier molecular flexibility index (Phi) is 6.96. The van der Waals surface area contributed by atoms with Crippen molar-refractivity contribution in [2.24, 2.45) is 0 Å². The SMILES string of the molecule is c1ccc2c(c1)Cc1ccccc1-c1cc3c4ccccc4n(-c4ccc(-c5ccc6oc7ccccc7c6c5)cc4)c3cc1Cc1ccccc1S2. The van der Waals surface area contributed by atoms with Gasteiger partial charge in [0.2, 0.25) is 0 Å². The standard InChI is InChI=1S/C50H33NOS/c1-4-14-39-34(11-1)27-35-12-2-9-19-49(35)53-50-20-10-3-13-36(50)28-37-30-46-43(31-42(37)39)40-15-5-7-17-45(40)51(46)38-24-21-32(22-25-38)33-23-26-48-44(29-33)41-16-6-8-18-47(41)52-48/h1-26,29-31H,27-28H2. The Labute approximate surface area is 312 Å². The molecule has 0 saturated heterocycles. The van der Waals surface area contributed by atoms with Crippen LogP contribution in [-0.4, -0.2) is 4.57 Å². The van der Waals surface area contributed by atoms with E-state index in [1.54, 1.807) is 0 Å². The predicted molar refractivity (Wildman–Crippen MR) is 222 cm³/mol. The van der Waals surface area contributed by atoms with Crippen molar-refractivity contribution in [3.8, 4) is 27.9 Å². The van der Waals surface area contributed by atoms with Crippen molar-refractivity contribution in [2.45, 2.75) is 22.6 Å². The number of aromatic nitrogens is 1. The number of nitrogens with zero attached hydrogens (tertiary/aromatic N) is 1. The molecule has 10 aromatic rings. The van der Waals surface area contributed by atoms with Gasteiger partial charge in [0.15, 0.2) is 0 Å². The molecule has 0 unspecified atom stereocenters. The van der Waals surface area contributed by atoms with Crippen LogP contribution in [0.2, 0.25) is 0 Å². The molecule has 53 heavy (non-hydrogen) atoms. The van der Waals surface area contributed by atoms with E-state index in [-0.39, 0.29) is 0 Å². The molecule has 11 rings (SSSR count). The van der Waals surface area contributed by atoms with Crippen molar-refractivity contribution in [1.82, 2.24) is 4.57 Å². The Morgan fingerprint density at radius 2 is 1.02 bits per heavy atom. The van der Waals surface area contributed by atoms with Crippen LogP contribution < -0.4 is 0 Å². The van der Waals surface area contributed by atoms with Gasteiger partial charge in [-0.1, -0.05) is 127 Å². The van der Waals surface area contributed by atoms with Gasteiger partial charge in [-0.2, -0.15) is 0 Å². The van der Waals surface area contributed by atoms with E-state index >= 15 is 0 Å². The first-order valence-corrected chi connectivity index (χ1v) is 19.1. The molecule has 0 radical (unpaired) electrons. The van der Waals surface area contributed by atoms with Crippen molar-refractivity contribution < 1.29 is 4.42 Å². The molecule has 3 heteroatoms. The molecule has 2 aromatic heterocycles. The first-order chi connectivity index (χ1) is 26.2. The van der Waals surface area contributed by atoms with Gasteiger partial charge in [0.05, 0.1) is 11.0 Å². The van der Waals surface area contributed by atoms with Gasteiger partial charge in [-0.3, -0.25) is 0 Å². The second-order valence-corrected chi connectivity index (χ2v) is 15.1. The van der Waals surface area contributed by atoms with Crippen LogP contribution in [-0.2, 0) is 12.8 Å². The van der Waals surface area contributed by atoms with Crippen LogP contribution in [0.1, 0.15) is 22.3 Å². The number of furan rings is 1. The van der Waals surface area contributed by atoms with Crippen molar-refractivity contribution in [3.05, 3.63) is 198 Å². The zero-order valence-electron chi connectivity index (χ0n) is 28.9. The summed E-state index contributed by atoms with van der Waals surface area (Å²) >= 11 is 1.90. The summed E-state index contributed by atoms with van der Waals surface area (Å²) in [6, 6.07) is 64.5. The minimum Gasteiger partial charge on any atom is -0.456 e. The molecular formula is C50H33NOS. The Morgan fingerprint density at radius 3 is 1.83 bits per heavy atom. The van der Waals surface area contributed by atoms with Gasteiger partial charge < -0.3 is 8.98 Å². The lowest BCUT2D eigenvalue weighted by Gasteiger charge is -2.16. The summed E-state index contributed by atoms with van der Waals surface area (Å²) in [6.07, 6.45) is 1.73. The largest absolute Gasteiger partial charge is 0.456 e. The molecule has 0 N–H and O–H groups in total. The summed E-state index contributed by atoms with van der Waals surface area (Å²) in [5.74, 6) is 0. The highest BCUT2D eigenvalue weighted by Gasteiger charge is 2.21. The third-order valence-electron chi connectivity index (χ3n) is 11.0. The first kappa shape index (κ1) is 30.3. The Morgan fingerprint density at radius 1 is 0.396 bits per heavy atom. The summed E-state index contributed by atoms with van der Waals surface area (Å²) in [6.45, 7) is 0. The lowest BCUT2D eigenvalue weighted by Crippen LogP contribution is -1.99. The van der Waals surface area contributed by atoms with Crippen LogP contribution in [0.15, 0.2) is 190 Å². The molecule has 0 fully saturated rings. The van der Waals surface area contributed by atoms with E-state index < -0.39 is 0 Å². The van der Waals surface area contributed by atoms with Gasteiger partial charge in [0.1, 0.15) is 11.2 Å². The summed E-state index contributed by atoms with van der Waals surface area (Å²) < 4.78 is 8.57. The molecule has 3 heterocycles. The van der Waals surface area contributed by atoms with Crippen molar-refractivity contribution in [2.75, 3.05) is 0 Å². The van der Waals surface area contributed by atoms with E-state index in [0.29, 0.717) is 0 Å². The Hall–Kier alpha value is -6.29. The smallest absolute Gasteiger partial charge is 0.135 e. The van der Waals surface area contributed by atoms with Crippen LogP contribution in [0.5, 0.6) is 0 Å². The molecule has 0 spiro atoms. The Balaban J connectivity index is 1.10. The molecular weight excluding hydrogens is 663 g/mol. The zero-order chi connectivity index (χ0) is 34.9. The Bertz CT molecular complexity index is 3040. The van der Waals surface area contributed by atoms with E-state index in [4.69, 9.17) is 4.42 Å². The molecule has 0 aliphatic carbocycles. The molecule has 0 saturated carbocycles. The van der Waals surface area contributed by atoms with Crippen LogP contribution in [0.3, 0.4) is 0 Å². The van der Waals surface area contributed by atoms with E-state index in [1.165, 1.54) is 76.1 Å². The second-order valence-electron chi connectivity index (χ2n) is 14.1. The predicted octanol–water partition coefficient (Wildman–Crippen LogP) is 13.7. The molecule has 8 aromatic carbocycles. The number of hydrogen-bond donors (Lipinski definition) is 0. The summed E-state index contributed by atoms with van der Waals surface area (Å²) in [4.78, 5) is 2.64. The van der Waals surface area contributed by atoms with Gasteiger partial charge in [-0.05, 0) is 118 Å². The van der Waals surface area contributed by atoms with E-state index in [2.05, 4.69) is 168 Å². The van der Waals surface area contributed by atoms with Gasteiger partial charge in [0.25, 0.3) is 0 Å². The maximum Gasteiger partial charge on any atom is 0.135 e. The van der Waals surface area contributed by atoms with Crippen LogP contribution >= 0.6 is 11.8 Å². The number of fused-ring (bicyclic) bond motifs is 11. The summed E-state index contributed by atoms with van der Waals surface area (Å²) in [7, 11) is 0. The van der Waals surface area contributed by atoms with Gasteiger partial charge in [-0.25, -0.2) is 0 Å². The van der Waals surface area contributed by atoms with Crippen molar-refractivity contribution in [1.29, 1.82) is 0 Å². The third-order valence-corrected chi connectivity index (χ3v) is 12.2. The van der Waals surface area contributed by atoms with Gasteiger partial charge >= 0.3 is 0 Å². The number of hydrogen-bond acceptors (Lipinski definition) is 2. The minimum atomic E-state index is 0.844. The number of rotatable bonds is 2. The maximum absolute atomic E-state index is 6.12. The quantitative estimate of drug-likeness (QED) is 0.179. The van der Waals surface area contributed by atoms with Crippen molar-refractivity contribution >= 4 is 55.5 Å². The third kappa shape index (κ3) is 5.03. The fourth-order valence-corrected chi connectivity index (χ4v) is 9.48. The van der Waals surface area contributed by atoms with E-state index in [0.717, 1.165) is 40.5 Å². The molecule has 1 aliphatic rings. The van der Waals surface area contributed by atoms with Gasteiger partial charge in [-0.15, -0.1) is 0 Å². The first-order valence-electron chi connectivity index (χ1n) is 18.3. The highest BCUT2D eigenvalue weighted by Crippen LogP contribution is 2.42. The average molecular weight is 696 g/mol. The zero-order valence-corrected chi connectivity index (χ0v) is 29.7. The molecule has 250 valence electrons. The highest BCUT2D eigenvalue weighted by atomic mass is 32.2. The van der Waals surface area contributed by atoms with Gasteiger partial charge in [0, 0.05) is 37.0 Å². The monoisotopic (exact) mass is 695 g/mol. The van der Waals surface area contributed by atoms with Crippen molar-refractivity contribution in [3.63, 3.8) is 0 Å². The molecule has 0 amide bonds. The number of para-hydroxylation sites is 2. The highest BCUT2D eigenvalue weighted by molar-refractivity contribution is 7.99. The fourth-order valence-electron chi connectivity index (χ4n) is 8.41. The van der Waals surface area contributed by atoms with Crippen LogP contribution in [0, 0.1) is 0 Å². The topological polar surface area (TPSA) is 18.1 Å². The lowest BCUT2D eigenvalue weighted by atomic mass is 9.89. The fraction of sp³-hybridized carbons (Fsp3) is 0.0400. The average Bonchev–Trinajstić information content (AvgIpc) is 3.73. The van der Waals surface area contributed by atoms with Crippen LogP contribution in [0.4, 0.5) is 0 Å². The second kappa shape index (κ2) is 12.2. The van der Waals surface area contributed by atoms with E-state index in [9.17, 15) is 0 Å². The normalized spacial score (nSPS) is 12.7. The molecule has 0 atom stereocenters. The molecule has 2 nitrogen and oxygen atoms in total. The van der Waals surface area contributed by atoms with E-state index in [1.807, 2.05) is 23.9 Å². The summed E-state index contributed by atoms with van der Waals surface area (Å²) in [5, 5.41) is 4.83. The maximum atomic E-state index is 6.12.